The van der Waals surface area contributed by atoms with E-state index < -0.39 is 18.1 Å². The van der Waals surface area contributed by atoms with Crippen LogP contribution < -0.4 is 10.5 Å². The van der Waals surface area contributed by atoms with E-state index in [0.29, 0.717) is 17.7 Å². The minimum atomic E-state index is -0.657. The van der Waals surface area contributed by atoms with E-state index in [9.17, 15) is 9.90 Å². The molecule has 0 saturated carbocycles. The predicted octanol–water partition coefficient (Wildman–Crippen LogP) is 1.69. The van der Waals surface area contributed by atoms with Crippen LogP contribution in [0.1, 0.15) is 37.5 Å². The number of nitrogens with two attached hydrogens (primary N) is 1. The fourth-order valence-corrected chi connectivity index (χ4v) is 1.60. The normalized spacial score (nSPS) is 14.1. The van der Waals surface area contributed by atoms with Crippen molar-refractivity contribution in [2.45, 2.75) is 39.4 Å². The van der Waals surface area contributed by atoms with Gasteiger partial charge in [-0.15, -0.1) is 0 Å². The van der Waals surface area contributed by atoms with E-state index in [0.717, 1.165) is 5.56 Å². The molecule has 1 unspecified atom stereocenters. The quantitative estimate of drug-likeness (QED) is 0.818. The van der Waals surface area contributed by atoms with Crippen LogP contribution in [0.2, 0.25) is 0 Å². The van der Waals surface area contributed by atoms with Crippen molar-refractivity contribution in [1.82, 2.24) is 0 Å². The van der Waals surface area contributed by atoms with Crippen LogP contribution in [0.4, 0.5) is 0 Å². The van der Waals surface area contributed by atoms with E-state index in [4.69, 9.17) is 10.5 Å². The van der Waals surface area contributed by atoms with Crippen LogP contribution in [-0.2, 0) is 4.79 Å². The first-order valence-electron chi connectivity index (χ1n) is 5.70. The number of hydrogen-bond donors (Lipinski definition) is 2. The Balaban J connectivity index is 3.01. The third kappa shape index (κ3) is 3.46. The maximum atomic E-state index is 11.1. The van der Waals surface area contributed by atoms with Crippen LogP contribution in [0.15, 0.2) is 18.2 Å². The Labute approximate surface area is 101 Å². The average molecular weight is 237 g/mol. The average Bonchev–Trinajstić information content (AvgIpc) is 2.26. The summed E-state index contributed by atoms with van der Waals surface area (Å²) in [5, 5.41) is 9.66. The number of aliphatic hydroxyl groups is 1. The van der Waals surface area contributed by atoms with E-state index in [-0.39, 0.29) is 0 Å². The van der Waals surface area contributed by atoms with Crippen molar-refractivity contribution in [2.24, 2.45) is 5.73 Å². The Kier molecular flexibility index (Phi) is 4.52. The molecule has 17 heavy (non-hydrogen) atoms. The molecule has 0 spiro atoms. The molecule has 0 aromatic heterocycles. The molecule has 0 bridgehead atoms. The molecule has 4 nitrogen and oxygen atoms in total. The number of aryl methyl sites for hydroxylation is 1. The van der Waals surface area contributed by atoms with Crippen molar-refractivity contribution in [3.63, 3.8) is 0 Å². The molecule has 0 aliphatic rings. The number of carbonyl (C=O) groups is 1. The molecular weight excluding hydrogens is 218 g/mol. The van der Waals surface area contributed by atoms with E-state index in [2.05, 4.69) is 0 Å². The summed E-state index contributed by atoms with van der Waals surface area (Å²) in [7, 11) is 0. The second kappa shape index (κ2) is 5.68. The van der Waals surface area contributed by atoms with Gasteiger partial charge in [0.25, 0.3) is 5.91 Å². The first-order valence-corrected chi connectivity index (χ1v) is 5.70. The zero-order valence-electron chi connectivity index (χ0n) is 10.4. The summed E-state index contributed by atoms with van der Waals surface area (Å²) in [6.07, 6.45) is -0.798. The third-order valence-electron chi connectivity index (χ3n) is 2.57. The molecule has 0 aliphatic heterocycles. The Morgan fingerprint density at radius 2 is 2.18 bits per heavy atom. The summed E-state index contributed by atoms with van der Waals surface area (Å²) < 4.78 is 5.54. The first-order chi connectivity index (χ1) is 7.95. The predicted molar refractivity (Wildman–Crippen MR) is 65.7 cm³/mol. The van der Waals surface area contributed by atoms with Gasteiger partial charge in [0.15, 0.2) is 6.10 Å². The number of primary amides is 1. The van der Waals surface area contributed by atoms with Crippen LogP contribution in [-0.4, -0.2) is 17.1 Å². The summed E-state index contributed by atoms with van der Waals surface area (Å²) in [5.41, 5.74) is 6.92. The van der Waals surface area contributed by atoms with Crippen LogP contribution in [0, 0.1) is 6.92 Å². The van der Waals surface area contributed by atoms with E-state index in [1.165, 1.54) is 0 Å². The smallest absolute Gasteiger partial charge is 0.258 e. The number of rotatable bonds is 5. The topological polar surface area (TPSA) is 72.6 Å². The molecule has 3 N–H and O–H groups in total. The molecule has 0 saturated heterocycles. The SMILES string of the molecule is CCC(Oc1ccc(C)cc1[C@@H](C)O)C(N)=O. The number of ether oxygens (including phenoxy) is 1. The van der Waals surface area contributed by atoms with Crippen molar-refractivity contribution in [1.29, 1.82) is 0 Å². The Morgan fingerprint density at radius 1 is 1.53 bits per heavy atom. The lowest BCUT2D eigenvalue weighted by atomic mass is 10.1. The van der Waals surface area contributed by atoms with Gasteiger partial charge in [-0.2, -0.15) is 0 Å². The lowest BCUT2D eigenvalue weighted by molar-refractivity contribution is -0.124. The first kappa shape index (κ1) is 13.5. The number of aliphatic hydroxyl groups excluding tert-OH is 1. The Morgan fingerprint density at radius 3 is 2.65 bits per heavy atom. The highest BCUT2D eigenvalue weighted by molar-refractivity contribution is 5.79. The standard InChI is InChI=1S/C13H19NO3/c1-4-11(13(14)16)17-12-6-5-8(2)7-10(12)9(3)15/h5-7,9,11,15H,4H2,1-3H3,(H2,14,16)/t9-,11?/m1/s1. The highest BCUT2D eigenvalue weighted by Gasteiger charge is 2.18. The van der Waals surface area contributed by atoms with E-state index >= 15 is 0 Å². The lowest BCUT2D eigenvalue weighted by Crippen LogP contribution is -2.33. The summed E-state index contributed by atoms with van der Waals surface area (Å²) in [4.78, 5) is 11.1. The maximum absolute atomic E-state index is 11.1. The van der Waals surface area contributed by atoms with Gasteiger partial charge in [0.05, 0.1) is 6.10 Å². The fraction of sp³-hybridized carbons (Fsp3) is 0.462. The van der Waals surface area contributed by atoms with Crippen molar-refractivity contribution in [3.05, 3.63) is 29.3 Å². The number of hydrogen-bond acceptors (Lipinski definition) is 3. The van der Waals surface area contributed by atoms with Crippen LogP contribution in [0.3, 0.4) is 0 Å². The van der Waals surface area contributed by atoms with Crippen molar-refractivity contribution in [3.8, 4) is 5.75 Å². The molecule has 0 radical (unpaired) electrons. The van der Waals surface area contributed by atoms with Gasteiger partial charge in [-0.25, -0.2) is 0 Å². The summed E-state index contributed by atoms with van der Waals surface area (Å²) >= 11 is 0. The fourth-order valence-electron chi connectivity index (χ4n) is 1.60. The van der Waals surface area contributed by atoms with E-state index in [1.807, 2.05) is 26.0 Å². The van der Waals surface area contributed by atoms with Gasteiger partial charge in [0.2, 0.25) is 0 Å². The van der Waals surface area contributed by atoms with Crippen molar-refractivity contribution < 1.29 is 14.6 Å². The van der Waals surface area contributed by atoms with Gasteiger partial charge < -0.3 is 15.6 Å². The van der Waals surface area contributed by atoms with Gasteiger partial charge in [-0.1, -0.05) is 18.6 Å². The molecule has 0 fully saturated rings. The van der Waals surface area contributed by atoms with Crippen LogP contribution in [0.25, 0.3) is 0 Å². The third-order valence-corrected chi connectivity index (χ3v) is 2.57. The molecular formula is C13H19NO3. The Bertz CT molecular complexity index is 402. The maximum Gasteiger partial charge on any atom is 0.258 e. The molecule has 94 valence electrons. The zero-order chi connectivity index (χ0) is 13.0. The second-order valence-corrected chi connectivity index (χ2v) is 4.13. The van der Waals surface area contributed by atoms with Gasteiger partial charge in [-0.3, -0.25) is 4.79 Å². The largest absolute Gasteiger partial charge is 0.480 e. The summed E-state index contributed by atoms with van der Waals surface area (Å²) in [6, 6.07) is 5.46. The zero-order valence-corrected chi connectivity index (χ0v) is 10.4. The molecule has 4 heteroatoms. The van der Waals surface area contributed by atoms with Crippen molar-refractivity contribution >= 4 is 5.91 Å². The summed E-state index contributed by atoms with van der Waals surface area (Å²) in [6.45, 7) is 5.42. The Hall–Kier alpha value is -1.55. The number of benzene rings is 1. The monoisotopic (exact) mass is 237 g/mol. The highest BCUT2D eigenvalue weighted by Crippen LogP contribution is 2.27. The van der Waals surface area contributed by atoms with Crippen LogP contribution >= 0.6 is 0 Å². The van der Waals surface area contributed by atoms with Crippen LogP contribution in [0.5, 0.6) is 5.75 Å². The number of carbonyl (C=O) groups excluding carboxylic acids is 1. The summed E-state index contributed by atoms with van der Waals surface area (Å²) in [5.74, 6) is 0.0147. The van der Waals surface area contributed by atoms with Gasteiger partial charge in [0.1, 0.15) is 5.75 Å². The molecule has 0 heterocycles. The van der Waals surface area contributed by atoms with E-state index in [1.54, 1.807) is 13.0 Å². The second-order valence-electron chi connectivity index (χ2n) is 4.13. The molecule has 2 atom stereocenters. The molecule has 0 aliphatic carbocycles. The number of amides is 1. The minimum absolute atomic E-state index is 0.496. The van der Waals surface area contributed by atoms with Gasteiger partial charge in [-0.05, 0) is 32.4 Å². The van der Waals surface area contributed by atoms with Crippen molar-refractivity contribution in [2.75, 3.05) is 0 Å². The molecule has 1 aromatic carbocycles. The molecule has 1 amide bonds. The lowest BCUT2D eigenvalue weighted by Gasteiger charge is -2.18. The van der Waals surface area contributed by atoms with Gasteiger partial charge >= 0.3 is 0 Å². The highest BCUT2D eigenvalue weighted by atomic mass is 16.5. The molecule has 1 aromatic rings. The minimum Gasteiger partial charge on any atom is -0.480 e. The van der Waals surface area contributed by atoms with Gasteiger partial charge in [0, 0.05) is 5.56 Å². The molecule has 1 rings (SSSR count).